The van der Waals surface area contributed by atoms with E-state index in [-0.39, 0.29) is 17.5 Å². The minimum atomic E-state index is -3.87. The van der Waals surface area contributed by atoms with Gasteiger partial charge in [0.05, 0.1) is 0 Å². The fourth-order valence-corrected chi connectivity index (χ4v) is 4.86. The number of hydrogen-bond donors (Lipinski definition) is 1. The standard InChI is InChI=1S/C16H21FN2O3S/c17-14-8-7-12(16(20)18-13-5-1-2-6-13)11-15(14)23(21,22)19-9-3-4-10-19/h7-8,11,13H,1-6,9-10H2,(H,18,20). The molecule has 0 atom stereocenters. The van der Waals surface area contributed by atoms with Crippen LogP contribution in [0, 0.1) is 5.82 Å². The summed E-state index contributed by atoms with van der Waals surface area (Å²) in [5.74, 6) is -1.15. The molecule has 5 nitrogen and oxygen atoms in total. The highest BCUT2D eigenvalue weighted by Gasteiger charge is 2.30. The second-order valence-corrected chi connectivity index (χ2v) is 8.12. The Labute approximate surface area is 135 Å². The molecule has 1 aliphatic carbocycles. The van der Waals surface area contributed by atoms with E-state index in [1.54, 1.807) is 0 Å². The second kappa shape index (κ2) is 6.57. The molecule has 0 spiro atoms. The molecule has 7 heteroatoms. The normalized spacial score (nSPS) is 20.0. The molecule has 1 aromatic carbocycles. The fraction of sp³-hybridized carbons (Fsp3) is 0.562. The molecule has 1 amide bonds. The molecule has 0 radical (unpaired) electrons. The molecule has 1 aromatic rings. The van der Waals surface area contributed by atoms with Gasteiger partial charge in [0.15, 0.2) is 0 Å². The molecule has 1 saturated heterocycles. The predicted octanol–water partition coefficient (Wildman–Crippen LogP) is 2.28. The van der Waals surface area contributed by atoms with Crippen molar-refractivity contribution in [3.63, 3.8) is 0 Å². The van der Waals surface area contributed by atoms with E-state index < -0.39 is 20.7 Å². The van der Waals surface area contributed by atoms with Gasteiger partial charge in [0.1, 0.15) is 10.7 Å². The summed E-state index contributed by atoms with van der Waals surface area (Å²) in [6.45, 7) is 0.806. The first-order valence-electron chi connectivity index (χ1n) is 8.09. The lowest BCUT2D eigenvalue weighted by Gasteiger charge is -2.17. The number of carbonyl (C=O) groups excluding carboxylic acids is 1. The van der Waals surface area contributed by atoms with Crippen molar-refractivity contribution >= 4 is 15.9 Å². The van der Waals surface area contributed by atoms with E-state index >= 15 is 0 Å². The Kier molecular flexibility index (Phi) is 4.68. The zero-order chi connectivity index (χ0) is 16.4. The minimum absolute atomic E-state index is 0.131. The van der Waals surface area contributed by atoms with Crippen LogP contribution in [-0.2, 0) is 10.0 Å². The Balaban J connectivity index is 1.85. The predicted molar refractivity (Wildman–Crippen MR) is 84.1 cm³/mol. The highest BCUT2D eigenvalue weighted by molar-refractivity contribution is 7.89. The average Bonchev–Trinajstić information content (AvgIpc) is 3.21. The van der Waals surface area contributed by atoms with Crippen LogP contribution in [0.15, 0.2) is 23.1 Å². The summed E-state index contributed by atoms with van der Waals surface area (Å²) in [6.07, 6.45) is 5.61. The van der Waals surface area contributed by atoms with Crippen molar-refractivity contribution in [1.29, 1.82) is 0 Å². The number of halogens is 1. The monoisotopic (exact) mass is 340 g/mol. The molecule has 1 N–H and O–H groups in total. The van der Waals surface area contributed by atoms with E-state index in [9.17, 15) is 17.6 Å². The topological polar surface area (TPSA) is 66.5 Å². The molecular weight excluding hydrogens is 319 g/mol. The van der Waals surface area contributed by atoms with Crippen molar-refractivity contribution in [2.45, 2.75) is 49.5 Å². The molecule has 1 saturated carbocycles. The molecule has 126 valence electrons. The molecule has 0 aromatic heterocycles. The molecule has 23 heavy (non-hydrogen) atoms. The molecular formula is C16H21FN2O3S. The zero-order valence-electron chi connectivity index (χ0n) is 12.9. The van der Waals surface area contributed by atoms with Gasteiger partial charge in [-0.2, -0.15) is 4.31 Å². The Hall–Kier alpha value is -1.47. The van der Waals surface area contributed by atoms with Crippen molar-refractivity contribution in [1.82, 2.24) is 9.62 Å². The molecule has 2 fully saturated rings. The molecule has 2 aliphatic rings. The average molecular weight is 340 g/mol. The maximum Gasteiger partial charge on any atom is 0.251 e. The van der Waals surface area contributed by atoms with Gasteiger partial charge in [0, 0.05) is 24.7 Å². The molecule has 1 heterocycles. The Morgan fingerprint density at radius 2 is 1.78 bits per heavy atom. The lowest BCUT2D eigenvalue weighted by molar-refractivity contribution is 0.0937. The number of sulfonamides is 1. The van der Waals surface area contributed by atoms with E-state index in [1.165, 1.54) is 10.4 Å². The highest BCUT2D eigenvalue weighted by Crippen LogP contribution is 2.24. The third-order valence-corrected chi connectivity index (χ3v) is 6.48. The maximum atomic E-state index is 14.0. The van der Waals surface area contributed by atoms with Gasteiger partial charge in [-0.05, 0) is 43.9 Å². The number of benzene rings is 1. The smallest absolute Gasteiger partial charge is 0.251 e. The Morgan fingerprint density at radius 1 is 1.13 bits per heavy atom. The summed E-state index contributed by atoms with van der Waals surface area (Å²) in [7, 11) is -3.87. The largest absolute Gasteiger partial charge is 0.349 e. The lowest BCUT2D eigenvalue weighted by Crippen LogP contribution is -2.33. The number of hydrogen-bond acceptors (Lipinski definition) is 3. The first-order valence-corrected chi connectivity index (χ1v) is 9.53. The third kappa shape index (κ3) is 3.40. The van der Waals surface area contributed by atoms with Gasteiger partial charge >= 0.3 is 0 Å². The van der Waals surface area contributed by atoms with Crippen LogP contribution in [0.1, 0.15) is 48.9 Å². The SMILES string of the molecule is O=C(NC1CCCC1)c1ccc(F)c(S(=O)(=O)N2CCCC2)c1. The van der Waals surface area contributed by atoms with Crippen LogP contribution in [0.4, 0.5) is 4.39 Å². The van der Waals surface area contributed by atoms with Gasteiger partial charge in [0.25, 0.3) is 5.91 Å². The van der Waals surface area contributed by atoms with Crippen LogP contribution in [-0.4, -0.2) is 37.8 Å². The first kappa shape index (κ1) is 16.4. The van der Waals surface area contributed by atoms with Crippen molar-refractivity contribution in [3.05, 3.63) is 29.6 Å². The summed E-state index contributed by atoms with van der Waals surface area (Å²) < 4.78 is 40.4. The number of nitrogens with zero attached hydrogens (tertiary/aromatic N) is 1. The van der Waals surface area contributed by atoms with Gasteiger partial charge in [-0.1, -0.05) is 12.8 Å². The van der Waals surface area contributed by atoms with E-state index in [1.807, 2.05) is 0 Å². The first-order chi connectivity index (χ1) is 11.0. The van der Waals surface area contributed by atoms with E-state index in [4.69, 9.17) is 0 Å². The van der Waals surface area contributed by atoms with Crippen molar-refractivity contribution in [2.24, 2.45) is 0 Å². The molecule has 3 rings (SSSR count). The van der Waals surface area contributed by atoms with Crippen molar-refractivity contribution in [3.8, 4) is 0 Å². The van der Waals surface area contributed by atoms with E-state index in [0.717, 1.165) is 50.7 Å². The summed E-state index contributed by atoms with van der Waals surface area (Å²) in [5.41, 5.74) is 0.191. The van der Waals surface area contributed by atoms with Gasteiger partial charge in [-0.3, -0.25) is 4.79 Å². The number of amides is 1. The second-order valence-electron chi connectivity index (χ2n) is 6.21. The summed E-state index contributed by atoms with van der Waals surface area (Å²) in [6, 6.07) is 3.69. The quantitative estimate of drug-likeness (QED) is 0.914. The number of nitrogens with one attached hydrogen (secondary N) is 1. The fourth-order valence-electron chi connectivity index (χ4n) is 3.25. The van der Waals surface area contributed by atoms with Crippen LogP contribution >= 0.6 is 0 Å². The van der Waals surface area contributed by atoms with Gasteiger partial charge in [-0.15, -0.1) is 0 Å². The van der Waals surface area contributed by atoms with E-state index in [2.05, 4.69) is 5.32 Å². The van der Waals surface area contributed by atoms with Crippen molar-refractivity contribution < 1.29 is 17.6 Å². The van der Waals surface area contributed by atoms with Crippen molar-refractivity contribution in [2.75, 3.05) is 13.1 Å². The minimum Gasteiger partial charge on any atom is -0.349 e. The van der Waals surface area contributed by atoms with Crippen LogP contribution in [0.3, 0.4) is 0 Å². The highest BCUT2D eigenvalue weighted by atomic mass is 32.2. The van der Waals surface area contributed by atoms with Crippen LogP contribution < -0.4 is 5.32 Å². The van der Waals surface area contributed by atoms with Crippen LogP contribution in [0.25, 0.3) is 0 Å². The van der Waals surface area contributed by atoms with Crippen LogP contribution in [0.5, 0.6) is 0 Å². The van der Waals surface area contributed by atoms with Crippen LogP contribution in [0.2, 0.25) is 0 Å². The summed E-state index contributed by atoms with van der Waals surface area (Å²) in [4.78, 5) is 11.9. The molecule has 1 aliphatic heterocycles. The molecule has 0 unspecified atom stereocenters. The van der Waals surface area contributed by atoms with Gasteiger partial charge in [-0.25, -0.2) is 12.8 Å². The van der Waals surface area contributed by atoms with E-state index in [0.29, 0.717) is 13.1 Å². The Morgan fingerprint density at radius 3 is 2.43 bits per heavy atom. The van der Waals surface area contributed by atoms with Gasteiger partial charge in [0.2, 0.25) is 10.0 Å². The number of rotatable bonds is 4. The third-order valence-electron chi connectivity index (χ3n) is 4.57. The van der Waals surface area contributed by atoms with Gasteiger partial charge < -0.3 is 5.32 Å². The maximum absolute atomic E-state index is 14.0. The summed E-state index contributed by atoms with van der Waals surface area (Å²) >= 11 is 0. The number of carbonyl (C=O) groups is 1. The molecule has 0 bridgehead atoms. The summed E-state index contributed by atoms with van der Waals surface area (Å²) in [5, 5.41) is 2.89. The zero-order valence-corrected chi connectivity index (χ0v) is 13.7. The lowest BCUT2D eigenvalue weighted by atomic mass is 10.2. The Bertz CT molecular complexity index is 693.